The zero-order valence-electron chi connectivity index (χ0n) is 8.68. The third-order valence-electron chi connectivity index (χ3n) is 2.21. The molecule has 80 valence electrons. The maximum Gasteiger partial charge on any atom is 0.122 e. The Morgan fingerprint density at radius 2 is 2.40 bits per heavy atom. The number of imidazole rings is 1. The molecule has 2 heterocycles. The van der Waals surface area contributed by atoms with Crippen LogP contribution in [0.4, 0.5) is 0 Å². The predicted octanol–water partition coefficient (Wildman–Crippen LogP) is 1.65. The van der Waals surface area contributed by atoms with Gasteiger partial charge >= 0.3 is 0 Å². The van der Waals surface area contributed by atoms with E-state index in [2.05, 4.69) is 26.8 Å². The van der Waals surface area contributed by atoms with Crippen LogP contribution in [0.5, 0.6) is 0 Å². The molecule has 0 aliphatic carbocycles. The Morgan fingerprint density at radius 1 is 1.47 bits per heavy atom. The molecule has 0 radical (unpaired) electrons. The van der Waals surface area contributed by atoms with Gasteiger partial charge in [-0.15, -0.1) is 11.3 Å². The van der Waals surface area contributed by atoms with Gasteiger partial charge in [0.15, 0.2) is 0 Å². The van der Waals surface area contributed by atoms with Crippen LogP contribution in [-0.4, -0.2) is 14.5 Å². The number of hydrogen-bond acceptors (Lipinski definition) is 4. The smallest absolute Gasteiger partial charge is 0.122 e. The quantitative estimate of drug-likeness (QED) is 0.836. The van der Waals surface area contributed by atoms with Gasteiger partial charge in [-0.3, -0.25) is 4.98 Å². The van der Waals surface area contributed by atoms with Gasteiger partial charge in [-0.25, -0.2) is 4.98 Å². The molecule has 1 N–H and O–H groups in total. The fourth-order valence-electron chi connectivity index (χ4n) is 1.42. The van der Waals surface area contributed by atoms with Crippen molar-refractivity contribution in [1.29, 1.82) is 0 Å². The molecule has 0 atom stereocenters. The average Bonchev–Trinajstić information content (AvgIpc) is 2.88. The topological polar surface area (TPSA) is 42.7 Å². The predicted molar refractivity (Wildman–Crippen MR) is 60.6 cm³/mol. The largest absolute Gasteiger partial charge is 0.334 e. The Balaban J connectivity index is 1.83. The van der Waals surface area contributed by atoms with Crippen molar-refractivity contribution in [2.75, 3.05) is 0 Å². The van der Waals surface area contributed by atoms with Crippen molar-refractivity contribution >= 4 is 11.3 Å². The lowest BCUT2D eigenvalue weighted by atomic mass is 10.5. The number of hydrogen-bond donors (Lipinski definition) is 1. The maximum absolute atomic E-state index is 4.29. The summed E-state index contributed by atoms with van der Waals surface area (Å²) >= 11 is 1.67. The number of nitrogens with one attached hydrogen (secondary N) is 1. The van der Waals surface area contributed by atoms with Crippen molar-refractivity contribution in [2.45, 2.75) is 26.6 Å². The van der Waals surface area contributed by atoms with E-state index in [1.165, 1.54) is 4.88 Å². The van der Waals surface area contributed by atoms with Crippen molar-refractivity contribution in [2.24, 2.45) is 0 Å². The summed E-state index contributed by atoms with van der Waals surface area (Å²) in [5, 5.41) is 3.35. The first-order valence-electron chi connectivity index (χ1n) is 4.98. The monoisotopic (exact) mass is 222 g/mol. The standard InChI is InChI=1S/C10H14N4S/c1-2-14-4-3-13-10(14)7-11-5-9-6-12-8-15-9/h3-4,6,8,11H,2,5,7H2,1H3. The van der Waals surface area contributed by atoms with Gasteiger partial charge in [0.1, 0.15) is 5.82 Å². The molecule has 5 heteroatoms. The average molecular weight is 222 g/mol. The number of rotatable bonds is 5. The molecule has 0 saturated heterocycles. The minimum atomic E-state index is 0.804. The lowest BCUT2D eigenvalue weighted by Gasteiger charge is -2.05. The number of aromatic nitrogens is 3. The molecule has 0 aliphatic rings. The Hall–Kier alpha value is -1.20. The van der Waals surface area contributed by atoms with Crippen molar-refractivity contribution < 1.29 is 0 Å². The van der Waals surface area contributed by atoms with Crippen LogP contribution in [0.1, 0.15) is 17.6 Å². The fraction of sp³-hybridized carbons (Fsp3) is 0.400. The summed E-state index contributed by atoms with van der Waals surface area (Å²) in [6.45, 7) is 4.76. The summed E-state index contributed by atoms with van der Waals surface area (Å²) in [6.07, 6.45) is 5.74. The van der Waals surface area contributed by atoms with E-state index in [1.807, 2.05) is 24.1 Å². The second kappa shape index (κ2) is 5.04. The van der Waals surface area contributed by atoms with E-state index < -0.39 is 0 Å². The van der Waals surface area contributed by atoms with E-state index in [1.54, 1.807) is 11.3 Å². The number of nitrogens with zero attached hydrogens (tertiary/aromatic N) is 3. The van der Waals surface area contributed by atoms with Gasteiger partial charge in [0.25, 0.3) is 0 Å². The van der Waals surface area contributed by atoms with Gasteiger partial charge in [-0.2, -0.15) is 0 Å². The van der Waals surface area contributed by atoms with Crippen molar-refractivity contribution in [3.8, 4) is 0 Å². The molecule has 0 amide bonds. The highest BCUT2D eigenvalue weighted by Crippen LogP contribution is 2.05. The molecule has 0 spiro atoms. The number of aryl methyl sites for hydroxylation is 1. The summed E-state index contributed by atoms with van der Waals surface area (Å²) in [5.41, 5.74) is 1.85. The van der Waals surface area contributed by atoms with E-state index >= 15 is 0 Å². The van der Waals surface area contributed by atoms with Crippen LogP contribution in [0.2, 0.25) is 0 Å². The van der Waals surface area contributed by atoms with Gasteiger partial charge in [0.2, 0.25) is 0 Å². The Morgan fingerprint density at radius 3 is 3.13 bits per heavy atom. The van der Waals surface area contributed by atoms with E-state index in [9.17, 15) is 0 Å². The molecule has 0 bridgehead atoms. The summed E-state index contributed by atoms with van der Waals surface area (Å²) in [7, 11) is 0. The van der Waals surface area contributed by atoms with E-state index in [-0.39, 0.29) is 0 Å². The zero-order valence-corrected chi connectivity index (χ0v) is 9.50. The van der Waals surface area contributed by atoms with Crippen LogP contribution in [0.15, 0.2) is 24.1 Å². The third kappa shape index (κ3) is 2.64. The molecule has 4 nitrogen and oxygen atoms in total. The van der Waals surface area contributed by atoms with E-state index in [0.717, 1.165) is 25.5 Å². The molecule has 0 fully saturated rings. The van der Waals surface area contributed by atoms with Crippen LogP contribution in [0.3, 0.4) is 0 Å². The first-order chi connectivity index (χ1) is 7.40. The molecule has 2 rings (SSSR count). The summed E-state index contributed by atoms with van der Waals surface area (Å²) < 4.78 is 2.14. The number of thiazole rings is 1. The van der Waals surface area contributed by atoms with Crippen molar-refractivity contribution in [3.05, 3.63) is 34.8 Å². The lowest BCUT2D eigenvalue weighted by Crippen LogP contribution is -2.15. The van der Waals surface area contributed by atoms with E-state index in [4.69, 9.17) is 0 Å². The second-order valence-electron chi connectivity index (χ2n) is 3.20. The Bertz CT molecular complexity index is 393. The van der Waals surface area contributed by atoms with Crippen LogP contribution in [0.25, 0.3) is 0 Å². The molecule has 0 unspecified atom stereocenters. The highest BCUT2D eigenvalue weighted by atomic mass is 32.1. The van der Waals surface area contributed by atoms with Gasteiger partial charge in [0.05, 0.1) is 12.1 Å². The Labute approximate surface area is 93.0 Å². The molecule has 2 aromatic rings. The summed E-state index contributed by atoms with van der Waals surface area (Å²) in [6, 6.07) is 0. The maximum atomic E-state index is 4.29. The van der Waals surface area contributed by atoms with Crippen LogP contribution in [0, 0.1) is 0 Å². The molecular weight excluding hydrogens is 208 g/mol. The molecule has 2 aromatic heterocycles. The molecule has 0 aliphatic heterocycles. The highest BCUT2D eigenvalue weighted by molar-refractivity contribution is 7.09. The molecule has 0 aromatic carbocycles. The summed E-state index contributed by atoms with van der Waals surface area (Å²) in [5.74, 6) is 1.09. The molecule has 15 heavy (non-hydrogen) atoms. The van der Waals surface area contributed by atoms with E-state index in [0.29, 0.717) is 0 Å². The van der Waals surface area contributed by atoms with Gasteiger partial charge < -0.3 is 9.88 Å². The molecular formula is C10H14N4S. The minimum absolute atomic E-state index is 0.804. The normalized spacial score (nSPS) is 10.7. The van der Waals surface area contributed by atoms with Gasteiger partial charge in [0, 0.05) is 36.6 Å². The first-order valence-corrected chi connectivity index (χ1v) is 5.86. The second-order valence-corrected chi connectivity index (χ2v) is 4.17. The van der Waals surface area contributed by atoms with Gasteiger partial charge in [-0.05, 0) is 6.92 Å². The lowest BCUT2D eigenvalue weighted by molar-refractivity contribution is 0.616. The van der Waals surface area contributed by atoms with Gasteiger partial charge in [-0.1, -0.05) is 0 Å². The SMILES string of the molecule is CCn1ccnc1CNCc1cncs1. The molecule has 0 saturated carbocycles. The fourth-order valence-corrected chi connectivity index (χ4v) is 1.99. The highest BCUT2D eigenvalue weighted by Gasteiger charge is 2.00. The van der Waals surface area contributed by atoms with Crippen LogP contribution < -0.4 is 5.32 Å². The first kappa shape index (κ1) is 10.3. The summed E-state index contributed by atoms with van der Waals surface area (Å²) in [4.78, 5) is 9.58. The Kier molecular flexibility index (Phi) is 3.47. The van der Waals surface area contributed by atoms with Crippen molar-refractivity contribution in [1.82, 2.24) is 19.9 Å². The van der Waals surface area contributed by atoms with Crippen LogP contribution in [-0.2, 0) is 19.6 Å². The van der Waals surface area contributed by atoms with Crippen LogP contribution >= 0.6 is 11.3 Å². The zero-order chi connectivity index (χ0) is 10.5. The van der Waals surface area contributed by atoms with Crippen molar-refractivity contribution in [3.63, 3.8) is 0 Å². The minimum Gasteiger partial charge on any atom is -0.334 e. The third-order valence-corrected chi connectivity index (χ3v) is 2.99.